The van der Waals surface area contributed by atoms with Crippen molar-refractivity contribution in [1.82, 2.24) is 0 Å². The van der Waals surface area contributed by atoms with Crippen LogP contribution in [0.15, 0.2) is 42.0 Å². The van der Waals surface area contributed by atoms with Crippen molar-refractivity contribution in [2.45, 2.75) is 13.8 Å². The Labute approximate surface area is 84.0 Å². The molecule has 0 aromatic heterocycles. The second kappa shape index (κ2) is 4.51. The maximum absolute atomic E-state index is 11.3. The van der Waals surface area contributed by atoms with Crippen LogP contribution in [0.1, 0.15) is 18.1 Å². The van der Waals surface area contributed by atoms with Gasteiger partial charge in [-0.1, -0.05) is 30.8 Å². The summed E-state index contributed by atoms with van der Waals surface area (Å²) in [6.07, 6.45) is 1.39. The van der Waals surface area contributed by atoms with Crippen LogP contribution in [0.25, 0.3) is 0 Å². The summed E-state index contributed by atoms with van der Waals surface area (Å²) in [5.41, 5.74) is 2.39. The summed E-state index contributed by atoms with van der Waals surface area (Å²) in [4.78, 5) is 15.3. The van der Waals surface area contributed by atoms with Gasteiger partial charge in [0.2, 0.25) is 0 Å². The first-order valence-corrected chi connectivity index (χ1v) is 4.42. The Morgan fingerprint density at radius 1 is 1.43 bits per heavy atom. The fourth-order valence-corrected chi connectivity index (χ4v) is 1.28. The molecule has 0 heterocycles. The average Bonchev–Trinajstić information content (AvgIpc) is 2.15. The first-order valence-electron chi connectivity index (χ1n) is 4.42. The molecule has 0 fully saturated rings. The highest BCUT2D eigenvalue weighted by Crippen LogP contribution is 2.09. The molecule has 0 bridgehead atoms. The Kier molecular flexibility index (Phi) is 3.35. The zero-order valence-corrected chi connectivity index (χ0v) is 8.45. The van der Waals surface area contributed by atoms with Crippen LogP contribution in [0.3, 0.4) is 0 Å². The van der Waals surface area contributed by atoms with Gasteiger partial charge < -0.3 is 0 Å². The number of hydrogen-bond donors (Lipinski definition) is 0. The van der Waals surface area contributed by atoms with Gasteiger partial charge in [0.25, 0.3) is 0 Å². The lowest BCUT2D eigenvalue weighted by atomic mass is 10.0. The van der Waals surface area contributed by atoms with Gasteiger partial charge in [0.15, 0.2) is 5.78 Å². The minimum atomic E-state index is -0.0424. The van der Waals surface area contributed by atoms with Crippen molar-refractivity contribution in [2.24, 2.45) is 4.99 Å². The van der Waals surface area contributed by atoms with Crippen LogP contribution in [0.2, 0.25) is 0 Å². The molecular weight excluding hydrogens is 174 g/mol. The van der Waals surface area contributed by atoms with Crippen LogP contribution in [0.5, 0.6) is 0 Å². The number of carbonyl (C=O) groups excluding carboxylic acids is 1. The Morgan fingerprint density at radius 3 is 2.57 bits per heavy atom. The number of carbonyl (C=O) groups is 1. The number of aliphatic imine (C=N–C) groups is 1. The summed E-state index contributed by atoms with van der Waals surface area (Å²) >= 11 is 0. The van der Waals surface area contributed by atoms with Crippen molar-refractivity contribution < 1.29 is 4.79 Å². The van der Waals surface area contributed by atoms with Gasteiger partial charge in [-0.15, -0.1) is 0 Å². The molecule has 0 saturated heterocycles. The fraction of sp³-hybridized carbons (Fsp3) is 0.167. The Hall–Kier alpha value is -1.70. The fourth-order valence-electron chi connectivity index (χ4n) is 1.28. The van der Waals surface area contributed by atoms with Gasteiger partial charge in [-0.3, -0.25) is 9.79 Å². The van der Waals surface area contributed by atoms with Crippen LogP contribution < -0.4 is 0 Å². The normalized spacial score (nSPS) is 11.1. The van der Waals surface area contributed by atoms with Crippen LogP contribution in [0.4, 0.5) is 0 Å². The maximum atomic E-state index is 11.3. The first kappa shape index (κ1) is 10.4. The predicted octanol–water partition coefficient (Wildman–Crippen LogP) is 2.52. The van der Waals surface area contributed by atoms with Crippen molar-refractivity contribution in [3.05, 3.63) is 48.2 Å². The van der Waals surface area contributed by atoms with E-state index < -0.39 is 0 Å². The van der Waals surface area contributed by atoms with Crippen LogP contribution in [-0.4, -0.2) is 11.5 Å². The monoisotopic (exact) mass is 187 g/mol. The van der Waals surface area contributed by atoms with E-state index in [1.807, 2.05) is 31.2 Å². The van der Waals surface area contributed by atoms with Gasteiger partial charge in [0.1, 0.15) is 5.71 Å². The molecule has 0 radical (unpaired) electrons. The summed E-state index contributed by atoms with van der Waals surface area (Å²) < 4.78 is 0. The summed E-state index contributed by atoms with van der Waals surface area (Å²) in [7, 11) is 0. The summed E-state index contributed by atoms with van der Waals surface area (Å²) in [6, 6.07) is 7.67. The van der Waals surface area contributed by atoms with E-state index in [2.05, 4.69) is 11.6 Å². The molecule has 2 nitrogen and oxygen atoms in total. The number of aryl methyl sites for hydroxylation is 1. The molecule has 0 N–H and O–H groups in total. The standard InChI is InChI=1S/C12H13NO/c1-4-13-12(10(3)14)11-8-6-5-7-9(11)2/h4-8H,1H2,2-3H3. The number of ketones is 1. The lowest BCUT2D eigenvalue weighted by molar-refractivity contribution is -0.111. The molecule has 2 heteroatoms. The smallest absolute Gasteiger partial charge is 0.178 e. The number of Topliss-reactive ketones (excluding diaryl/α,β-unsaturated/α-hetero) is 1. The molecule has 0 amide bonds. The zero-order valence-electron chi connectivity index (χ0n) is 8.45. The van der Waals surface area contributed by atoms with Crippen molar-refractivity contribution in [1.29, 1.82) is 0 Å². The Morgan fingerprint density at radius 2 is 2.07 bits per heavy atom. The zero-order chi connectivity index (χ0) is 10.6. The van der Waals surface area contributed by atoms with E-state index in [0.717, 1.165) is 11.1 Å². The number of rotatable bonds is 3. The Balaban J connectivity index is 3.26. The molecule has 72 valence electrons. The lowest BCUT2D eigenvalue weighted by Crippen LogP contribution is -2.12. The third kappa shape index (κ3) is 2.16. The summed E-state index contributed by atoms with van der Waals surface area (Å²) in [5.74, 6) is -0.0424. The second-order valence-corrected chi connectivity index (χ2v) is 3.03. The molecule has 0 aliphatic heterocycles. The number of benzene rings is 1. The van der Waals surface area contributed by atoms with Gasteiger partial charge in [-0.05, 0) is 12.5 Å². The average molecular weight is 187 g/mol. The van der Waals surface area contributed by atoms with E-state index in [9.17, 15) is 4.79 Å². The van der Waals surface area contributed by atoms with Crippen molar-refractivity contribution in [3.63, 3.8) is 0 Å². The summed E-state index contributed by atoms with van der Waals surface area (Å²) in [6.45, 7) is 6.96. The molecule has 0 spiro atoms. The highest BCUT2D eigenvalue weighted by atomic mass is 16.1. The molecule has 0 atom stereocenters. The highest BCUT2D eigenvalue weighted by molar-refractivity contribution is 6.45. The molecule has 1 rings (SSSR count). The highest BCUT2D eigenvalue weighted by Gasteiger charge is 2.09. The van der Waals surface area contributed by atoms with Gasteiger partial charge in [-0.2, -0.15) is 0 Å². The van der Waals surface area contributed by atoms with E-state index in [4.69, 9.17) is 0 Å². The molecule has 1 aromatic rings. The van der Waals surface area contributed by atoms with E-state index in [-0.39, 0.29) is 5.78 Å². The van der Waals surface area contributed by atoms with E-state index in [0.29, 0.717) is 5.71 Å². The van der Waals surface area contributed by atoms with Crippen molar-refractivity contribution in [3.8, 4) is 0 Å². The van der Waals surface area contributed by atoms with Crippen LogP contribution in [0, 0.1) is 6.92 Å². The van der Waals surface area contributed by atoms with Gasteiger partial charge in [0.05, 0.1) is 0 Å². The third-order valence-electron chi connectivity index (χ3n) is 1.95. The molecule has 0 aliphatic rings. The van der Waals surface area contributed by atoms with Crippen molar-refractivity contribution >= 4 is 11.5 Å². The minimum Gasteiger partial charge on any atom is -0.293 e. The predicted molar refractivity (Wildman–Crippen MR) is 58.6 cm³/mol. The summed E-state index contributed by atoms with van der Waals surface area (Å²) in [5, 5.41) is 0. The molecule has 0 aliphatic carbocycles. The Bertz CT molecular complexity index is 391. The SMILES string of the molecule is C=CN=C(C(C)=O)c1ccccc1C. The topological polar surface area (TPSA) is 29.4 Å². The van der Waals surface area contributed by atoms with Gasteiger partial charge in [-0.25, -0.2) is 0 Å². The lowest BCUT2D eigenvalue weighted by Gasteiger charge is -2.04. The maximum Gasteiger partial charge on any atom is 0.178 e. The van der Waals surface area contributed by atoms with Gasteiger partial charge >= 0.3 is 0 Å². The minimum absolute atomic E-state index is 0.0424. The second-order valence-electron chi connectivity index (χ2n) is 3.03. The number of nitrogens with zero attached hydrogens (tertiary/aromatic N) is 1. The van der Waals surface area contributed by atoms with E-state index >= 15 is 0 Å². The molecule has 14 heavy (non-hydrogen) atoms. The molecule has 0 unspecified atom stereocenters. The van der Waals surface area contributed by atoms with E-state index in [1.54, 1.807) is 0 Å². The quantitative estimate of drug-likeness (QED) is 0.668. The number of hydrogen-bond acceptors (Lipinski definition) is 2. The van der Waals surface area contributed by atoms with Crippen LogP contribution in [-0.2, 0) is 4.79 Å². The molecule has 1 aromatic carbocycles. The van der Waals surface area contributed by atoms with Gasteiger partial charge in [0, 0.05) is 18.7 Å². The molecular formula is C12H13NO. The van der Waals surface area contributed by atoms with Crippen LogP contribution >= 0.6 is 0 Å². The van der Waals surface area contributed by atoms with E-state index in [1.165, 1.54) is 13.1 Å². The largest absolute Gasteiger partial charge is 0.293 e. The first-order chi connectivity index (χ1) is 6.66. The third-order valence-corrected chi connectivity index (χ3v) is 1.95. The molecule has 0 saturated carbocycles. The van der Waals surface area contributed by atoms with Crippen molar-refractivity contribution in [2.75, 3.05) is 0 Å².